The molecule has 1 aromatic carbocycles. The molecule has 0 aromatic heterocycles. The summed E-state index contributed by atoms with van der Waals surface area (Å²) in [6.45, 7) is 1.93. The van der Waals surface area contributed by atoms with Gasteiger partial charge in [0.25, 0.3) is 0 Å². The highest BCUT2D eigenvalue weighted by atomic mass is 32.2. The van der Waals surface area contributed by atoms with Gasteiger partial charge in [-0.2, -0.15) is 0 Å². The third kappa shape index (κ3) is 3.29. The Morgan fingerprint density at radius 2 is 2.00 bits per heavy atom. The smallest absolute Gasteiger partial charge is 0.329 e. The zero-order valence-electron chi connectivity index (χ0n) is 10.8. The van der Waals surface area contributed by atoms with E-state index in [2.05, 4.69) is 5.32 Å². The highest BCUT2D eigenvalue weighted by molar-refractivity contribution is 8.00. The van der Waals surface area contributed by atoms with Gasteiger partial charge in [-0.3, -0.25) is 4.79 Å². The van der Waals surface area contributed by atoms with Gasteiger partial charge in [0.05, 0.1) is 5.25 Å². The number of aliphatic carboxylic acids is 1. The van der Waals surface area contributed by atoms with E-state index in [0.717, 1.165) is 4.90 Å². The van der Waals surface area contributed by atoms with Crippen LogP contribution in [0.2, 0.25) is 0 Å². The van der Waals surface area contributed by atoms with Crippen LogP contribution in [0.25, 0.3) is 0 Å². The summed E-state index contributed by atoms with van der Waals surface area (Å²) in [7, 11) is 0. The number of hydrogen-bond acceptors (Lipinski definition) is 3. The molecule has 2 N–H and O–H groups in total. The number of thioether (sulfide) groups is 1. The maximum atomic E-state index is 12.1. The summed E-state index contributed by atoms with van der Waals surface area (Å²) in [6, 6.07) is 9.67. The summed E-state index contributed by atoms with van der Waals surface area (Å²) in [6.07, 6.45) is 1.72. The molecule has 1 amide bonds. The van der Waals surface area contributed by atoms with E-state index in [-0.39, 0.29) is 11.2 Å². The number of nitrogens with one attached hydrogen (secondary N) is 1. The molecule has 19 heavy (non-hydrogen) atoms. The molecule has 1 unspecified atom stereocenters. The van der Waals surface area contributed by atoms with Gasteiger partial charge >= 0.3 is 5.97 Å². The minimum atomic E-state index is -0.998. The number of carbonyl (C=O) groups excluding carboxylic acids is 1. The second-order valence-electron chi connectivity index (χ2n) is 4.70. The Labute approximate surface area is 116 Å². The highest BCUT2D eigenvalue weighted by Gasteiger charge is 2.52. The molecule has 5 heteroatoms. The van der Waals surface area contributed by atoms with Gasteiger partial charge in [-0.1, -0.05) is 25.1 Å². The Morgan fingerprint density at radius 1 is 1.37 bits per heavy atom. The predicted octanol–water partition coefficient (Wildman–Crippen LogP) is 2.29. The number of carboxylic acids is 1. The van der Waals surface area contributed by atoms with Gasteiger partial charge in [0, 0.05) is 4.90 Å². The molecule has 0 heterocycles. The number of benzene rings is 1. The average molecular weight is 279 g/mol. The van der Waals surface area contributed by atoms with Gasteiger partial charge in [-0.15, -0.1) is 11.8 Å². The summed E-state index contributed by atoms with van der Waals surface area (Å²) >= 11 is 1.47. The van der Waals surface area contributed by atoms with Crippen molar-refractivity contribution in [1.29, 1.82) is 0 Å². The summed E-state index contributed by atoms with van der Waals surface area (Å²) in [5, 5.41) is 11.5. The van der Waals surface area contributed by atoms with Crippen LogP contribution >= 0.6 is 11.8 Å². The largest absolute Gasteiger partial charge is 0.480 e. The van der Waals surface area contributed by atoms with Crippen LogP contribution in [0.5, 0.6) is 0 Å². The molecule has 102 valence electrons. The molecule has 0 bridgehead atoms. The molecule has 1 aliphatic carbocycles. The topological polar surface area (TPSA) is 66.4 Å². The molecule has 0 saturated heterocycles. The van der Waals surface area contributed by atoms with Crippen molar-refractivity contribution < 1.29 is 14.7 Å². The first kappa shape index (κ1) is 13.9. The van der Waals surface area contributed by atoms with Crippen LogP contribution in [0.15, 0.2) is 35.2 Å². The number of rotatable bonds is 6. The van der Waals surface area contributed by atoms with Gasteiger partial charge in [-0.25, -0.2) is 4.79 Å². The van der Waals surface area contributed by atoms with Crippen LogP contribution in [0, 0.1) is 0 Å². The first-order valence-corrected chi connectivity index (χ1v) is 7.22. The van der Waals surface area contributed by atoms with Gasteiger partial charge in [0.1, 0.15) is 5.54 Å². The molecule has 0 spiro atoms. The third-order valence-corrected chi connectivity index (χ3v) is 4.58. The van der Waals surface area contributed by atoms with Crippen molar-refractivity contribution in [2.75, 3.05) is 0 Å². The molecule has 1 atom stereocenters. The minimum absolute atomic E-state index is 0.184. The zero-order valence-corrected chi connectivity index (χ0v) is 11.6. The average Bonchev–Trinajstić information content (AvgIpc) is 3.18. The summed E-state index contributed by atoms with van der Waals surface area (Å²) in [5.41, 5.74) is -0.998. The zero-order chi connectivity index (χ0) is 13.9. The van der Waals surface area contributed by atoms with Gasteiger partial charge in [0.15, 0.2) is 0 Å². The van der Waals surface area contributed by atoms with E-state index in [9.17, 15) is 9.59 Å². The molecule has 2 rings (SSSR count). The Kier molecular flexibility index (Phi) is 4.14. The summed E-state index contributed by atoms with van der Waals surface area (Å²) in [5.74, 6) is -1.11. The standard InChI is InChI=1S/C14H17NO3S/c1-2-11(19-10-6-4-3-5-7-10)12(16)15-14(8-9-14)13(17)18/h3-7,11H,2,8-9H2,1H3,(H,15,16)(H,17,18). The van der Waals surface area contributed by atoms with Crippen molar-refractivity contribution >= 4 is 23.6 Å². The molecular weight excluding hydrogens is 262 g/mol. The second-order valence-corrected chi connectivity index (χ2v) is 5.98. The van der Waals surface area contributed by atoms with Crippen molar-refractivity contribution in [3.63, 3.8) is 0 Å². The van der Waals surface area contributed by atoms with Gasteiger partial charge in [0.2, 0.25) is 5.91 Å². The van der Waals surface area contributed by atoms with E-state index in [4.69, 9.17) is 5.11 Å². The lowest BCUT2D eigenvalue weighted by molar-refractivity contribution is -0.143. The maximum absolute atomic E-state index is 12.1. The first-order chi connectivity index (χ1) is 9.07. The number of amides is 1. The highest BCUT2D eigenvalue weighted by Crippen LogP contribution is 2.36. The molecule has 4 nitrogen and oxygen atoms in total. The van der Waals surface area contributed by atoms with Gasteiger partial charge in [-0.05, 0) is 31.4 Å². The number of hydrogen-bond donors (Lipinski definition) is 2. The normalized spacial score (nSPS) is 17.5. The van der Waals surface area contributed by atoms with E-state index in [1.54, 1.807) is 0 Å². The van der Waals surface area contributed by atoms with E-state index in [0.29, 0.717) is 19.3 Å². The first-order valence-electron chi connectivity index (χ1n) is 6.34. The fourth-order valence-electron chi connectivity index (χ4n) is 1.82. The van der Waals surface area contributed by atoms with Crippen LogP contribution in [-0.2, 0) is 9.59 Å². The van der Waals surface area contributed by atoms with Crippen LogP contribution in [0.4, 0.5) is 0 Å². The molecule has 0 radical (unpaired) electrons. The number of carbonyl (C=O) groups is 2. The van der Waals surface area contributed by atoms with Crippen molar-refractivity contribution in [2.45, 2.75) is 41.9 Å². The molecule has 1 saturated carbocycles. The second kappa shape index (κ2) is 5.65. The van der Waals surface area contributed by atoms with Gasteiger partial charge < -0.3 is 10.4 Å². The SMILES string of the molecule is CCC(Sc1ccccc1)C(=O)NC1(C(=O)O)CC1. The molecule has 1 aromatic rings. The third-order valence-electron chi connectivity index (χ3n) is 3.21. The van der Waals surface area contributed by atoms with Crippen LogP contribution in [0.3, 0.4) is 0 Å². The number of carboxylic acid groups (broad SMARTS) is 1. The van der Waals surface area contributed by atoms with Crippen molar-refractivity contribution in [3.8, 4) is 0 Å². The molecule has 1 fully saturated rings. The molecular formula is C14H17NO3S. The van der Waals surface area contributed by atoms with E-state index >= 15 is 0 Å². The van der Waals surface area contributed by atoms with E-state index in [1.807, 2.05) is 37.3 Å². The van der Waals surface area contributed by atoms with Crippen molar-refractivity contribution in [1.82, 2.24) is 5.32 Å². The Bertz CT molecular complexity index is 471. The monoisotopic (exact) mass is 279 g/mol. The fraction of sp³-hybridized carbons (Fsp3) is 0.429. The fourth-order valence-corrected chi connectivity index (χ4v) is 2.79. The Balaban J connectivity index is 1.98. The molecule has 1 aliphatic rings. The van der Waals surface area contributed by atoms with Crippen molar-refractivity contribution in [2.24, 2.45) is 0 Å². The summed E-state index contributed by atoms with van der Waals surface area (Å²) < 4.78 is 0. The van der Waals surface area contributed by atoms with Crippen LogP contribution in [0.1, 0.15) is 26.2 Å². The van der Waals surface area contributed by atoms with E-state index in [1.165, 1.54) is 11.8 Å². The maximum Gasteiger partial charge on any atom is 0.329 e. The van der Waals surface area contributed by atoms with Crippen molar-refractivity contribution in [3.05, 3.63) is 30.3 Å². The molecule has 0 aliphatic heterocycles. The quantitative estimate of drug-likeness (QED) is 0.784. The lowest BCUT2D eigenvalue weighted by atomic mass is 10.2. The summed E-state index contributed by atoms with van der Waals surface area (Å²) in [4.78, 5) is 24.2. The minimum Gasteiger partial charge on any atom is -0.480 e. The Morgan fingerprint density at radius 3 is 2.47 bits per heavy atom. The lowest BCUT2D eigenvalue weighted by Crippen LogP contribution is -2.46. The van der Waals surface area contributed by atoms with Crippen LogP contribution < -0.4 is 5.32 Å². The lowest BCUT2D eigenvalue weighted by Gasteiger charge is -2.18. The predicted molar refractivity (Wildman–Crippen MR) is 74.1 cm³/mol. The Hall–Kier alpha value is -1.49. The van der Waals surface area contributed by atoms with Crippen LogP contribution in [-0.4, -0.2) is 27.8 Å². The van der Waals surface area contributed by atoms with E-state index < -0.39 is 11.5 Å².